The Balaban J connectivity index is 2.26. The van der Waals surface area contributed by atoms with Gasteiger partial charge >= 0.3 is 0 Å². The molecule has 70 valence electrons. The van der Waals surface area contributed by atoms with Crippen LogP contribution in [-0.2, 0) is 6.54 Å². The summed E-state index contributed by atoms with van der Waals surface area (Å²) in [6.45, 7) is 7.80. The highest BCUT2D eigenvalue weighted by molar-refractivity contribution is 7.10. The van der Waals surface area contributed by atoms with Gasteiger partial charge in [0, 0.05) is 16.6 Å². The van der Waals surface area contributed by atoms with Gasteiger partial charge in [0.25, 0.3) is 0 Å². The lowest BCUT2D eigenvalue weighted by atomic mass is 10.0. The molecule has 0 amide bonds. The Morgan fingerprint density at radius 2 is 2.15 bits per heavy atom. The first kappa shape index (κ1) is 8.82. The third-order valence-corrected chi connectivity index (χ3v) is 3.31. The van der Waals surface area contributed by atoms with E-state index in [0.29, 0.717) is 0 Å². The summed E-state index contributed by atoms with van der Waals surface area (Å²) >= 11 is 1.85. The van der Waals surface area contributed by atoms with Gasteiger partial charge in [0.2, 0.25) is 0 Å². The molecule has 0 bridgehead atoms. The molecule has 0 atom stereocenters. The second-order valence-electron chi connectivity index (χ2n) is 4.41. The average molecular weight is 193 g/mol. The fourth-order valence-electron chi connectivity index (χ4n) is 1.47. The van der Waals surface area contributed by atoms with Gasteiger partial charge in [-0.2, -0.15) is 0 Å². The smallest absolute Gasteiger partial charge is 0.0528 e. The number of nitrogens with zero attached hydrogens (tertiary/aromatic N) is 1. The quantitative estimate of drug-likeness (QED) is 0.611. The van der Waals surface area contributed by atoms with Crippen LogP contribution in [0.25, 0.3) is 6.08 Å². The molecule has 1 nitrogen and oxygen atoms in total. The molecule has 0 unspecified atom stereocenters. The number of hydrogen-bond acceptors (Lipinski definition) is 2. The summed E-state index contributed by atoms with van der Waals surface area (Å²) < 4.78 is 0. The first-order valence-corrected chi connectivity index (χ1v) is 5.47. The molecule has 0 spiro atoms. The topological polar surface area (TPSA) is 3.24 Å². The van der Waals surface area contributed by atoms with Crippen LogP contribution in [0.1, 0.15) is 31.2 Å². The summed E-state index contributed by atoms with van der Waals surface area (Å²) in [5, 5.41) is 2.17. The van der Waals surface area contributed by atoms with E-state index in [-0.39, 0.29) is 5.54 Å². The largest absolute Gasteiger partial charge is 0.367 e. The zero-order chi connectivity index (χ0) is 9.47. The molecule has 13 heavy (non-hydrogen) atoms. The van der Waals surface area contributed by atoms with E-state index in [4.69, 9.17) is 0 Å². The van der Waals surface area contributed by atoms with Crippen molar-refractivity contribution in [1.82, 2.24) is 4.90 Å². The van der Waals surface area contributed by atoms with Gasteiger partial charge in [-0.05, 0) is 43.9 Å². The zero-order valence-electron chi connectivity index (χ0n) is 8.37. The van der Waals surface area contributed by atoms with Gasteiger partial charge in [0.05, 0.1) is 6.54 Å². The molecule has 0 fully saturated rings. The second kappa shape index (κ2) is 2.88. The van der Waals surface area contributed by atoms with Crippen LogP contribution in [0.3, 0.4) is 0 Å². The molecular formula is C11H15NS. The van der Waals surface area contributed by atoms with Crippen LogP contribution in [0.15, 0.2) is 17.6 Å². The monoisotopic (exact) mass is 193 g/mol. The minimum absolute atomic E-state index is 0.234. The number of hydrogen-bond donors (Lipinski definition) is 0. The first-order chi connectivity index (χ1) is 6.07. The Labute approximate surface area is 83.7 Å². The molecule has 2 heterocycles. The summed E-state index contributed by atoms with van der Waals surface area (Å²) in [5.74, 6) is 0. The lowest BCUT2D eigenvalue weighted by Crippen LogP contribution is -2.37. The predicted molar refractivity (Wildman–Crippen MR) is 58.6 cm³/mol. The third-order valence-electron chi connectivity index (χ3n) is 2.39. The maximum absolute atomic E-state index is 2.38. The molecule has 1 aromatic heterocycles. The molecule has 1 aliphatic rings. The second-order valence-corrected chi connectivity index (χ2v) is 5.41. The standard InChI is InChI=1S/C11H15NS/c1-11(2,3)12-6-4-9-5-7-13-10(9)8-12/h4-7H,8H2,1-3H3. The number of thiophene rings is 1. The lowest BCUT2D eigenvalue weighted by Gasteiger charge is -2.36. The highest BCUT2D eigenvalue weighted by Crippen LogP contribution is 2.28. The molecule has 1 aliphatic heterocycles. The van der Waals surface area contributed by atoms with Crippen molar-refractivity contribution in [2.24, 2.45) is 0 Å². The fourth-order valence-corrected chi connectivity index (χ4v) is 2.33. The van der Waals surface area contributed by atoms with Crippen LogP contribution in [0.4, 0.5) is 0 Å². The van der Waals surface area contributed by atoms with Crippen LogP contribution < -0.4 is 0 Å². The van der Waals surface area contributed by atoms with Crippen LogP contribution in [0.2, 0.25) is 0 Å². The van der Waals surface area contributed by atoms with E-state index in [9.17, 15) is 0 Å². The van der Waals surface area contributed by atoms with Gasteiger partial charge in [-0.25, -0.2) is 0 Å². The summed E-state index contributed by atoms with van der Waals surface area (Å²) in [7, 11) is 0. The van der Waals surface area contributed by atoms with E-state index < -0.39 is 0 Å². The molecule has 0 aliphatic carbocycles. The highest BCUT2D eigenvalue weighted by atomic mass is 32.1. The van der Waals surface area contributed by atoms with Gasteiger partial charge < -0.3 is 4.90 Å². The fraction of sp³-hybridized carbons (Fsp3) is 0.455. The summed E-state index contributed by atoms with van der Waals surface area (Å²) in [6.07, 6.45) is 4.41. The predicted octanol–water partition coefficient (Wildman–Crippen LogP) is 3.33. The average Bonchev–Trinajstić information content (AvgIpc) is 2.47. The molecule has 1 aromatic rings. The van der Waals surface area contributed by atoms with Crippen molar-refractivity contribution in [2.45, 2.75) is 32.9 Å². The van der Waals surface area contributed by atoms with Crippen molar-refractivity contribution in [3.8, 4) is 0 Å². The minimum Gasteiger partial charge on any atom is -0.367 e. The van der Waals surface area contributed by atoms with Crippen LogP contribution in [0, 0.1) is 0 Å². The molecule has 2 rings (SSSR count). The molecule has 0 aromatic carbocycles. The summed E-state index contributed by atoms with van der Waals surface area (Å²) in [5.41, 5.74) is 1.63. The van der Waals surface area contributed by atoms with E-state index >= 15 is 0 Å². The Morgan fingerprint density at radius 3 is 2.85 bits per heavy atom. The Kier molecular flexibility index (Phi) is 1.95. The van der Waals surface area contributed by atoms with E-state index in [1.54, 1.807) is 0 Å². The first-order valence-electron chi connectivity index (χ1n) is 4.59. The van der Waals surface area contributed by atoms with Gasteiger partial charge in [-0.15, -0.1) is 11.3 Å². The molecule has 0 N–H and O–H groups in total. The normalized spacial score (nSPS) is 16.1. The molecule has 0 saturated heterocycles. The van der Waals surface area contributed by atoms with Gasteiger partial charge in [0.15, 0.2) is 0 Å². The van der Waals surface area contributed by atoms with E-state index in [0.717, 1.165) is 6.54 Å². The van der Waals surface area contributed by atoms with Crippen molar-refractivity contribution < 1.29 is 0 Å². The van der Waals surface area contributed by atoms with E-state index in [2.05, 4.69) is 49.4 Å². The minimum atomic E-state index is 0.234. The Morgan fingerprint density at radius 1 is 1.38 bits per heavy atom. The third kappa shape index (κ3) is 1.63. The van der Waals surface area contributed by atoms with Gasteiger partial charge in [-0.3, -0.25) is 0 Å². The SMILES string of the molecule is CC(C)(C)N1C=Cc2ccsc2C1. The summed E-state index contributed by atoms with van der Waals surface area (Å²) in [4.78, 5) is 3.86. The number of fused-ring (bicyclic) bond motifs is 1. The Bertz CT molecular complexity index is 330. The van der Waals surface area contributed by atoms with Crippen LogP contribution in [0.5, 0.6) is 0 Å². The van der Waals surface area contributed by atoms with Crippen molar-refractivity contribution in [3.05, 3.63) is 28.1 Å². The Hall–Kier alpha value is -0.760. The van der Waals surface area contributed by atoms with Gasteiger partial charge in [-0.1, -0.05) is 0 Å². The molecule has 0 saturated carbocycles. The van der Waals surface area contributed by atoms with Crippen molar-refractivity contribution in [2.75, 3.05) is 0 Å². The maximum Gasteiger partial charge on any atom is 0.0528 e. The summed E-state index contributed by atoms with van der Waals surface area (Å²) in [6, 6.07) is 2.19. The van der Waals surface area contributed by atoms with Crippen LogP contribution >= 0.6 is 11.3 Å². The highest BCUT2D eigenvalue weighted by Gasteiger charge is 2.21. The van der Waals surface area contributed by atoms with E-state index in [1.165, 1.54) is 10.4 Å². The number of rotatable bonds is 0. The molecular weight excluding hydrogens is 178 g/mol. The van der Waals surface area contributed by atoms with Gasteiger partial charge in [0.1, 0.15) is 0 Å². The van der Waals surface area contributed by atoms with Crippen molar-refractivity contribution in [3.63, 3.8) is 0 Å². The zero-order valence-corrected chi connectivity index (χ0v) is 9.19. The maximum atomic E-state index is 2.38. The van der Waals surface area contributed by atoms with Crippen molar-refractivity contribution >= 4 is 17.4 Å². The molecule has 2 heteroatoms. The van der Waals surface area contributed by atoms with Crippen LogP contribution in [-0.4, -0.2) is 10.4 Å². The lowest BCUT2D eigenvalue weighted by molar-refractivity contribution is 0.198. The molecule has 0 radical (unpaired) electrons. The van der Waals surface area contributed by atoms with E-state index in [1.807, 2.05) is 11.3 Å². The van der Waals surface area contributed by atoms with Crippen molar-refractivity contribution in [1.29, 1.82) is 0 Å².